The number of nitrogens with two attached hydrogens (primary N) is 1. The fourth-order valence-corrected chi connectivity index (χ4v) is 1.42. The first-order valence-corrected chi connectivity index (χ1v) is 4.83. The lowest BCUT2D eigenvalue weighted by Gasteiger charge is -2.20. The summed E-state index contributed by atoms with van der Waals surface area (Å²) in [4.78, 5) is 4.06. The second-order valence-corrected chi connectivity index (χ2v) is 3.64. The van der Waals surface area contributed by atoms with Crippen LogP contribution in [0.1, 0.15) is 37.4 Å². The van der Waals surface area contributed by atoms with E-state index in [9.17, 15) is 0 Å². The van der Waals surface area contributed by atoms with Crippen molar-refractivity contribution >= 4 is 0 Å². The lowest BCUT2D eigenvalue weighted by molar-refractivity contribution is 0.455. The van der Waals surface area contributed by atoms with Crippen molar-refractivity contribution in [1.82, 2.24) is 4.98 Å². The molecule has 0 aromatic carbocycles. The summed E-state index contributed by atoms with van der Waals surface area (Å²) in [5.74, 6) is 0.529. The van der Waals surface area contributed by atoms with Crippen molar-refractivity contribution in [3.63, 3.8) is 0 Å². The van der Waals surface area contributed by atoms with Crippen molar-refractivity contribution in [3.05, 3.63) is 29.6 Å². The third kappa shape index (κ3) is 2.28. The second-order valence-electron chi connectivity index (χ2n) is 3.64. The average molecular weight is 178 g/mol. The van der Waals surface area contributed by atoms with Crippen LogP contribution in [0.15, 0.2) is 18.5 Å². The molecule has 72 valence electrons. The van der Waals surface area contributed by atoms with Crippen LogP contribution in [0.5, 0.6) is 0 Å². The molecule has 0 fully saturated rings. The number of hydrogen-bond acceptors (Lipinski definition) is 2. The van der Waals surface area contributed by atoms with Crippen LogP contribution in [0.3, 0.4) is 0 Å². The van der Waals surface area contributed by atoms with Gasteiger partial charge in [-0.3, -0.25) is 4.98 Å². The zero-order chi connectivity index (χ0) is 9.84. The van der Waals surface area contributed by atoms with Crippen molar-refractivity contribution in [3.8, 4) is 0 Å². The van der Waals surface area contributed by atoms with E-state index in [1.807, 2.05) is 18.5 Å². The summed E-state index contributed by atoms with van der Waals surface area (Å²) in [6, 6.07) is 2.17. The highest BCUT2D eigenvalue weighted by Crippen LogP contribution is 2.23. The minimum atomic E-state index is 0.146. The molecule has 2 N–H and O–H groups in total. The molecular weight excluding hydrogens is 160 g/mol. The van der Waals surface area contributed by atoms with Crippen molar-refractivity contribution < 1.29 is 0 Å². The second kappa shape index (κ2) is 4.38. The molecule has 1 aromatic heterocycles. The van der Waals surface area contributed by atoms with E-state index in [0.717, 1.165) is 6.42 Å². The quantitative estimate of drug-likeness (QED) is 0.772. The summed E-state index contributed by atoms with van der Waals surface area (Å²) in [5.41, 5.74) is 8.54. The molecule has 2 nitrogen and oxygen atoms in total. The van der Waals surface area contributed by atoms with E-state index in [4.69, 9.17) is 5.73 Å². The van der Waals surface area contributed by atoms with Crippen molar-refractivity contribution in [2.24, 2.45) is 11.7 Å². The van der Waals surface area contributed by atoms with Gasteiger partial charge < -0.3 is 5.73 Å². The van der Waals surface area contributed by atoms with Gasteiger partial charge in [-0.05, 0) is 30.0 Å². The van der Waals surface area contributed by atoms with Crippen LogP contribution >= 0.6 is 0 Å². The lowest BCUT2D eigenvalue weighted by Crippen LogP contribution is -2.19. The number of hydrogen-bond donors (Lipinski definition) is 1. The van der Waals surface area contributed by atoms with Crippen molar-refractivity contribution in [2.75, 3.05) is 0 Å². The number of nitrogens with zero attached hydrogens (tertiary/aromatic N) is 1. The van der Waals surface area contributed by atoms with Crippen LogP contribution in [-0.4, -0.2) is 4.98 Å². The maximum atomic E-state index is 6.12. The Labute approximate surface area is 80.2 Å². The number of rotatable bonds is 3. The summed E-state index contributed by atoms with van der Waals surface area (Å²) in [7, 11) is 0. The maximum Gasteiger partial charge on any atom is 0.0324 e. The first kappa shape index (κ1) is 10.2. The smallest absolute Gasteiger partial charge is 0.0324 e. The number of aromatic nitrogens is 1. The van der Waals surface area contributed by atoms with E-state index >= 15 is 0 Å². The van der Waals surface area contributed by atoms with Gasteiger partial charge in [0, 0.05) is 18.4 Å². The molecule has 0 aliphatic rings. The summed E-state index contributed by atoms with van der Waals surface area (Å²) in [5, 5.41) is 0. The van der Waals surface area contributed by atoms with E-state index in [2.05, 4.69) is 25.8 Å². The van der Waals surface area contributed by atoms with Gasteiger partial charge in [0.05, 0.1) is 0 Å². The summed E-state index contributed by atoms with van der Waals surface area (Å²) < 4.78 is 0. The Balaban J connectivity index is 2.88. The van der Waals surface area contributed by atoms with Crippen LogP contribution in [0.4, 0.5) is 0 Å². The Morgan fingerprint density at radius 2 is 2.23 bits per heavy atom. The fraction of sp³-hybridized carbons (Fsp3) is 0.545. The molecule has 0 bridgehead atoms. The van der Waals surface area contributed by atoms with Gasteiger partial charge in [0.15, 0.2) is 0 Å². The van der Waals surface area contributed by atoms with Gasteiger partial charge in [-0.1, -0.05) is 20.3 Å². The lowest BCUT2D eigenvalue weighted by atomic mass is 9.92. The molecule has 1 aromatic rings. The summed E-state index contributed by atoms with van der Waals surface area (Å²) >= 11 is 0. The molecule has 2 heteroatoms. The van der Waals surface area contributed by atoms with Crippen molar-refractivity contribution in [2.45, 2.75) is 33.2 Å². The van der Waals surface area contributed by atoms with E-state index < -0.39 is 0 Å². The molecule has 0 aliphatic heterocycles. The minimum Gasteiger partial charge on any atom is -0.324 e. The normalized spacial score (nSPS) is 15.4. The SMILES string of the molecule is CCC(C)C(N)c1ccncc1C. The summed E-state index contributed by atoms with van der Waals surface area (Å²) in [6.07, 6.45) is 4.80. The van der Waals surface area contributed by atoms with Crippen molar-refractivity contribution in [1.29, 1.82) is 0 Å². The molecule has 1 heterocycles. The molecule has 0 amide bonds. The van der Waals surface area contributed by atoms with Gasteiger partial charge in [-0.25, -0.2) is 0 Å². The number of pyridine rings is 1. The first-order valence-electron chi connectivity index (χ1n) is 4.83. The van der Waals surface area contributed by atoms with Crippen LogP contribution in [-0.2, 0) is 0 Å². The van der Waals surface area contributed by atoms with Gasteiger partial charge in [-0.15, -0.1) is 0 Å². The third-order valence-corrected chi connectivity index (χ3v) is 2.68. The predicted octanol–water partition coefficient (Wildman–Crippen LogP) is 2.44. The monoisotopic (exact) mass is 178 g/mol. The Morgan fingerprint density at radius 1 is 1.54 bits per heavy atom. The average Bonchev–Trinajstić information content (AvgIpc) is 2.16. The van der Waals surface area contributed by atoms with Crippen LogP contribution in [0.2, 0.25) is 0 Å². The predicted molar refractivity (Wildman–Crippen MR) is 55.4 cm³/mol. The largest absolute Gasteiger partial charge is 0.324 e. The highest BCUT2D eigenvalue weighted by Gasteiger charge is 2.14. The zero-order valence-electron chi connectivity index (χ0n) is 8.62. The molecule has 1 rings (SSSR count). The van der Waals surface area contributed by atoms with E-state index in [1.54, 1.807) is 0 Å². The molecule has 0 aliphatic carbocycles. The number of aryl methyl sites for hydroxylation is 1. The standard InChI is InChI=1S/C11H18N2/c1-4-8(2)11(12)10-5-6-13-7-9(10)3/h5-8,11H,4,12H2,1-3H3. The summed E-state index contributed by atoms with van der Waals surface area (Å²) in [6.45, 7) is 6.41. The van der Waals surface area contributed by atoms with Gasteiger partial charge in [0.25, 0.3) is 0 Å². The van der Waals surface area contributed by atoms with Crippen LogP contribution in [0.25, 0.3) is 0 Å². The van der Waals surface area contributed by atoms with E-state index in [1.165, 1.54) is 11.1 Å². The molecule has 0 spiro atoms. The Hall–Kier alpha value is -0.890. The van der Waals surface area contributed by atoms with Gasteiger partial charge >= 0.3 is 0 Å². The highest BCUT2D eigenvalue weighted by molar-refractivity contribution is 5.25. The van der Waals surface area contributed by atoms with Gasteiger partial charge in [-0.2, -0.15) is 0 Å². The maximum absolute atomic E-state index is 6.12. The minimum absolute atomic E-state index is 0.146. The molecular formula is C11H18N2. The third-order valence-electron chi connectivity index (χ3n) is 2.68. The fourth-order valence-electron chi connectivity index (χ4n) is 1.42. The molecule has 2 unspecified atom stereocenters. The van der Waals surface area contributed by atoms with E-state index in [-0.39, 0.29) is 6.04 Å². The highest BCUT2D eigenvalue weighted by atomic mass is 14.7. The molecule has 0 saturated carbocycles. The Bertz CT molecular complexity index is 271. The van der Waals surface area contributed by atoms with E-state index in [0.29, 0.717) is 5.92 Å². The van der Waals surface area contributed by atoms with Crippen LogP contribution in [0, 0.1) is 12.8 Å². The molecule has 0 saturated heterocycles. The Morgan fingerprint density at radius 3 is 2.77 bits per heavy atom. The zero-order valence-corrected chi connectivity index (χ0v) is 8.62. The molecule has 0 radical (unpaired) electrons. The van der Waals surface area contributed by atoms with Gasteiger partial charge in [0.1, 0.15) is 0 Å². The topological polar surface area (TPSA) is 38.9 Å². The molecule has 2 atom stereocenters. The van der Waals surface area contributed by atoms with Crippen LogP contribution < -0.4 is 5.73 Å². The Kier molecular flexibility index (Phi) is 3.43. The molecule has 13 heavy (non-hydrogen) atoms. The van der Waals surface area contributed by atoms with Gasteiger partial charge in [0.2, 0.25) is 0 Å². The first-order chi connectivity index (χ1) is 6.16.